The molecule has 0 saturated carbocycles. The molecule has 2 atom stereocenters. The van der Waals surface area contributed by atoms with Crippen LogP contribution in [-0.2, 0) is 19.1 Å². The SMILES string of the molecule is C[CH]OC(=O)C([CH]SC(=O)C(C)O)NC(C)=O. The van der Waals surface area contributed by atoms with Gasteiger partial charge in [0.25, 0.3) is 0 Å². The van der Waals surface area contributed by atoms with Crippen LogP contribution in [0.5, 0.6) is 0 Å². The summed E-state index contributed by atoms with van der Waals surface area (Å²) in [6, 6.07) is -1.03. The number of nitrogens with one attached hydrogen (secondary N) is 1. The zero-order valence-corrected chi connectivity index (χ0v) is 10.6. The number of aliphatic hydroxyl groups excluding tert-OH is 1. The summed E-state index contributed by atoms with van der Waals surface area (Å²) in [5.41, 5.74) is 0. The summed E-state index contributed by atoms with van der Waals surface area (Å²) in [4.78, 5) is 33.3. The highest BCUT2D eigenvalue weighted by Crippen LogP contribution is 2.14. The average molecular weight is 261 g/mol. The number of esters is 1. The predicted octanol–water partition coefficient (Wildman–Crippen LogP) is 0.0184. The lowest BCUT2D eigenvalue weighted by atomic mass is 10.3. The van der Waals surface area contributed by atoms with Gasteiger partial charge in [-0.05, 0) is 13.8 Å². The van der Waals surface area contributed by atoms with E-state index in [1.807, 2.05) is 0 Å². The Morgan fingerprint density at radius 2 is 2.00 bits per heavy atom. The van der Waals surface area contributed by atoms with E-state index in [1.54, 1.807) is 0 Å². The van der Waals surface area contributed by atoms with E-state index in [1.165, 1.54) is 33.1 Å². The van der Waals surface area contributed by atoms with Crippen molar-refractivity contribution < 1.29 is 24.2 Å². The third-order valence-electron chi connectivity index (χ3n) is 1.51. The van der Waals surface area contributed by atoms with Gasteiger partial charge in [0.1, 0.15) is 18.8 Å². The maximum atomic E-state index is 11.4. The molecule has 0 aromatic heterocycles. The van der Waals surface area contributed by atoms with Crippen LogP contribution in [0.1, 0.15) is 20.8 Å². The second-order valence-corrected chi connectivity index (χ2v) is 4.01. The molecule has 2 N–H and O–H groups in total. The Morgan fingerprint density at radius 3 is 2.41 bits per heavy atom. The second-order valence-electron chi connectivity index (χ2n) is 3.10. The lowest BCUT2D eigenvalue weighted by Gasteiger charge is -2.15. The van der Waals surface area contributed by atoms with Gasteiger partial charge >= 0.3 is 5.97 Å². The number of aliphatic hydroxyl groups is 1. The Morgan fingerprint density at radius 1 is 1.41 bits per heavy atom. The molecule has 0 aromatic rings. The van der Waals surface area contributed by atoms with Crippen molar-refractivity contribution in [2.75, 3.05) is 0 Å². The quantitative estimate of drug-likeness (QED) is 0.655. The van der Waals surface area contributed by atoms with Crippen LogP contribution in [0, 0.1) is 12.4 Å². The Bertz CT molecular complexity index is 292. The number of thioether (sulfide) groups is 1. The number of rotatable bonds is 6. The van der Waals surface area contributed by atoms with Crippen LogP contribution >= 0.6 is 11.8 Å². The van der Waals surface area contributed by atoms with Crippen molar-refractivity contribution in [2.45, 2.75) is 32.9 Å². The second kappa shape index (κ2) is 8.08. The van der Waals surface area contributed by atoms with Crippen LogP contribution in [-0.4, -0.2) is 34.2 Å². The number of ether oxygens (including phenoxy) is 1. The van der Waals surface area contributed by atoms with Gasteiger partial charge < -0.3 is 15.2 Å². The van der Waals surface area contributed by atoms with Gasteiger partial charge in [0, 0.05) is 6.92 Å². The standard InChI is InChI=1S/C10H15NO5S/c1-4-16-9(14)8(11-7(3)13)5-17-10(15)6(2)12/h4-6,8,12H,1-3H3,(H,11,13). The maximum Gasteiger partial charge on any atom is 0.330 e. The minimum Gasteiger partial charge on any atom is -0.457 e. The molecule has 0 aliphatic carbocycles. The summed E-state index contributed by atoms with van der Waals surface area (Å²) in [5.74, 6) is 0.0837. The molecule has 17 heavy (non-hydrogen) atoms. The number of hydrogen-bond donors (Lipinski definition) is 2. The number of carbonyl (C=O) groups excluding carboxylic acids is 3. The van der Waals surface area contributed by atoms with Crippen molar-refractivity contribution in [1.82, 2.24) is 5.32 Å². The van der Waals surface area contributed by atoms with Crippen molar-refractivity contribution in [2.24, 2.45) is 0 Å². The first kappa shape index (κ1) is 15.9. The van der Waals surface area contributed by atoms with Crippen LogP contribution in [0.25, 0.3) is 0 Å². The Hall–Kier alpha value is -1.08. The van der Waals surface area contributed by atoms with Crippen LogP contribution in [0.4, 0.5) is 0 Å². The Kier molecular flexibility index (Phi) is 7.56. The summed E-state index contributed by atoms with van der Waals surface area (Å²) in [7, 11) is 0. The highest BCUT2D eigenvalue weighted by molar-refractivity contribution is 8.15. The first-order valence-corrected chi connectivity index (χ1v) is 5.73. The molecule has 0 spiro atoms. The molecular formula is C10H15NO5S. The normalized spacial score (nSPS) is 13.6. The monoisotopic (exact) mass is 261 g/mol. The highest BCUT2D eigenvalue weighted by atomic mass is 32.2. The van der Waals surface area contributed by atoms with Gasteiger partial charge in [0.05, 0.1) is 5.75 Å². The molecule has 0 heterocycles. The molecule has 1 amide bonds. The van der Waals surface area contributed by atoms with Crippen molar-refractivity contribution in [1.29, 1.82) is 0 Å². The minimum atomic E-state index is -1.14. The molecule has 0 bridgehead atoms. The summed E-state index contributed by atoms with van der Waals surface area (Å²) >= 11 is 0.645. The third-order valence-corrected chi connectivity index (χ3v) is 2.49. The third kappa shape index (κ3) is 6.96. The van der Waals surface area contributed by atoms with Crippen LogP contribution in [0.3, 0.4) is 0 Å². The smallest absolute Gasteiger partial charge is 0.330 e. The molecule has 2 unspecified atom stereocenters. The molecule has 6 nitrogen and oxygen atoms in total. The summed E-state index contributed by atoms with van der Waals surface area (Å²) in [6.07, 6.45) is -1.14. The molecule has 0 aromatic carbocycles. The number of hydrogen-bond acceptors (Lipinski definition) is 6. The van der Waals surface area contributed by atoms with E-state index in [2.05, 4.69) is 10.1 Å². The molecule has 96 valence electrons. The Labute approximate surface area is 104 Å². The highest BCUT2D eigenvalue weighted by Gasteiger charge is 2.23. The van der Waals surface area contributed by atoms with Crippen molar-refractivity contribution in [3.8, 4) is 0 Å². The largest absolute Gasteiger partial charge is 0.457 e. The molecule has 0 aliphatic rings. The van der Waals surface area contributed by atoms with Crippen molar-refractivity contribution in [3.05, 3.63) is 12.4 Å². The fourth-order valence-corrected chi connectivity index (χ4v) is 1.44. The van der Waals surface area contributed by atoms with Gasteiger partial charge in [-0.2, -0.15) is 0 Å². The van der Waals surface area contributed by atoms with E-state index >= 15 is 0 Å². The maximum absolute atomic E-state index is 11.4. The van der Waals surface area contributed by atoms with Crippen molar-refractivity contribution >= 4 is 28.8 Å². The molecule has 0 aliphatic heterocycles. The molecule has 0 saturated heterocycles. The lowest BCUT2D eigenvalue weighted by molar-refractivity contribution is -0.143. The fourth-order valence-electron chi connectivity index (χ4n) is 0.791. The first-order chi connectivity index (χ1) is 7.88. The van der Waals surface area contributed by atoms with E-state index in [0.29, 0.717) is 11.8 Å². The van der Waals surface area contributed by atoms with Crippen LogP contribution in [0.2, 0.25) is 0 Å². The Balaban J connectivity index is 4.33. The van der Waals surface area contributed by atoms with Crippen LogP contribution in [0.15, 0.2) is 0 Å². The van der Waals surface area contributed by atoms with E-state index in [4.69, 9.17) is 5.11 Å². The van der Waals surface area contributed by atoms with Gasteiger partial charge in [0.2, 0.25) is 11.0 Å². The van der Waals surface area contributed by atoms with Gasteiger partial charge in [0.15, 0.2) is 0 Å². The van der Waals surface area contributed by atoms with Gasteiger partial charge in [-0.3, -0.25) is 9.59 Å². The minimum absolute atomic E-state index is 0.426. The van der Waals surface area contributed by atoms with Gasteiger partial charge in [-0.15, -0.1) is 0 Å². The molecule has 7 heteroatoms. The number of amides is 1. The summed E-state index contributed by atoms with van der Waals surface area (Å²) in [5, 5.41) is 10.8. The van der Waals surface area contributed by atoms with Crippen molar-refractivity contribution in [3.63, 3.8) is 0 Å². The van der Waals surface area contributed by atoms with E-state index in [0.717, 1.165) is 0 Å². The molecular weight excluding hydrogens is 246 g/mol. The van der Waals surface area contributed by atoms with E-state index in [9.17, 15) is 14.4 Å². The van der Waals surface area contributed by atoms with E-state index in [-0.39, 0.29) is 0 Å². The topological polar surface area (TPSA) is 92.7 Å². The zero-order chi connectivity index (χ0) is 13.4. The molecule has 2 radical (unpaired) electrons. The fraction of sp³-hybridized carbons (Fsp3) is 0.500. The lowest BCUT2D eigenvalue weighted by Crippen LogP contribution is -2.40. The number of carbonyl (C=O) groups is 3. The average Bonchev–Trinajstić information content (AvgIpc) is 2.23. The van der Waals surface area contributed by atoms with E-state index < -0.39 is 29.1 Å². The first-order valence-electron chi connectivity index (χ1n) is 4.85. The molecule has 0 fully saturated rings. The molecule has 0 rings (SSSR count). The summed E-state index contributed by atoms with van der Waals surface area (Å²) in [6.45, 7) is 5.24. The predicted molar refractivity (Wildman–Crippen MR) is 62.2 cm³/mol. The van der Waals surface area contributed by atoms with Gasteiger partial charge in [-0.25, -0.2) is 4.79 Å². The summed E-state index contributed by atoms with van der Waals surface area (Å²) < 4.78 is 4.60. The van der Waals surface area contributed by atoms with Crippen LogP contribution < -0.4 is 5.32 Å². The zero-order valence-electron chi connectivity index (χ0n) is 9.80. The van der Waals surface area contributed by atoms with Gasteiger partial charge in [-0.1, -0.05) is 11.8 Å².